The largest absolute Gasteiger partial charge is 0 e. The minimum atomic E-state index is 0. The normalized spacial score (nSPS) is 0. The Morgan fingerprint density at radius 1 is 1.00 bits per heavy atom. The van der Waals surface area contributed by atoms with Crippen LogP contribution in [0, 0.1) is 82.6 Å². The van der Waals surface area contributed by atoms with Crippen molar-refractivity contribution in [3.63, 3.8) is 0 Å². The van der Waals surface area contributed by atoms with Crippen LogP contribution in [0.2, 0.25) is 0 Å². The molecule has 4 heteroatoms. The van der Waals surface area contributed by atoms with Gasteiger partial charge < -0.3 is 0 Å². The average Bonchev–Trinajstić information content (AvgIpc) is 0. The Balaban J connectivity index is 0. The van der Waals surface area contributed by atoms with Gasteiger partial charge in [-0.15, -0.1) is 0 Å². The molecule has 0 aliphatic carbocycles. The second-order valence-corrected chi connectivity index (χ2v) is 0. The summed E-state index contributed by atoms with van der Waals surface area (Å²) < 4.78 is 0. The fourth-order valence-electron chi connectivity index (χ4n) is 0. The van der Waals surface area contributed by atoms with Crippen LogP contribution in [0.3, 0.4) is 0 Å². The van der Waals surface area contributed by atoms with Crippen LogP contribution in [-0.4, -0.2) is 0 Å². The minimum Gasteiger partial charge on any atom is 0 e. The molecule has 1 radical (unpaired) electrons. The summed E-state index contributed by atoms with van der Waals surface area (Å²) >= 11 is 0. The SMILES string of the molecule is [Ce].[Nd].[Y].[Zr]. The molecule has 0 aromatic rings. The molecule has 15 valence electrons. The molecule has 0 nitrogen and oxygen atoms in total. The van der Waals surface area contributed by atoms with Gasteiger partial charge in [0.25, 0.3) is 0 Å². The molecule has 0 spiro atoms. The zero-order valence-corrected chi connectivity index (χ0v) is 13.7. The van der Waals surface area contributed by atoms with Crippen LogP contribution < -0.4 is 0 Å². The molecule has 0 heterocycles. The maximum atomic E-state index is 0. The van der Waals surface area contributed by atoms with Crippen molar-refractivity contribution in [2.45, 2.75) is 0 Å². The maximum Gasteiger partial charge on any atom is 0 e. The van der Waals surface area contributed by atoms with E-state index in [0.717, 1.165) is 0 Å². The summed E-state index contributed by atoms with van der Waals surface area (Å²) in [6.07, 6.45) is 0. The Morgan fingerprint density at radius 3 is 1.00 bits per heavy atom. The van der Waals surface area contributed by atoms with E-state index in [2.05, 4.69) is 0 Å². The Kier molecular flexibility index (Phi) is 91.3. The molecule has 0 amide bonds. The summed E-state index contributed by atoms with van der Waals surface area (Å²) in [5.41, 5.74) is 0. The fourth-order valence-corrected chi connectivity index (χ4v) is 0. The first-order valence-electron chi connectivity index (χ1n) is 0. The van der Waals surface area contributed by atoms with Gasteiger partial charge in [0.2, 0.25) is 0 Å². The van der Waals surface area contributed by atoms with Crippen molar-refractivity contribution in [2.75, 3.05) is 0 Å². The van der Waals surface area contributed by atoms with Crippen LogP contribution in [0.25, 0.3) is 0 Å². The molecule has 0 aliphatic heterocycles. The molecule has 0 atom stereocenters. The summed E-state index contributed by atoms with van der Waals surface area (Å²) in [6.45, 7) is 0. The molecule has 0 saturated carbocycles. The molecule has 0 fully saturated rings. The van der Waals surface area contributed by atoms with E-state index >= 15 is 0 Å². The molecule has 0 aromatic heterocycles. The smallest absolute Gasteiger partial charge is 0 e. The van der Waals surface area contributed by atoms with Gasteiger partial charge in [-0.2, -0.15) is 0 Å². The van der Waals surface area contributed by atoms with Crippen molar-refractivity contribution in [2.24, 2.45) is 0 Å². The Bertz CT molecular complexity index is 8.00. The maximum absolute atomic E-state index is 0. The third-order valence-corrected chi connectivity index (χ3v) is 0. The van der Waals surface area contributed by atoms with E-state index in [1.807, 2.05) is 0 Å². The fraction of sp³-hybridized carbons (Fsp3) is 0. The second kappa shape index (κ2) is 15.6. The Labute approximate surface area is 137 Å². The topological polar surface area (TPSA) is 0 Å². The van der Waals surface area contributed by atoms with Gasteiger partial charge in [-0.05, 0) is 0 Å². The van der Waals surface area contributed by atoms with E-state index in [0.29, 0.717) is 0 Å². The van der Waals surface area contributed by atoms with Gasteiger partial charge in [0.05, 0.1) is 0 Å². The van der Waals surface area contributed by atoms with Crippen molar-refractivity contribution in [3.05, 3.63) is 0 Å². The van der Waals surface area contributed by atoms with Gasteiger partial charge >= 0.3 is 0 Å². The summed E-state index contributed by atoms with van der Waals surface area (Å²) in [5.74, 6) is 0. The molecule has 0 unspecified atom stereocenters. The standard InChI is InChI=1S/Ce.Nd.Y.Zr. The molecule has 0 N–H and O–H groups in total. The van der Waals surface area contributed by atoms with E-state index in [9.17, 15) is 0 Å². The average molecular weight is 464 g/mol. The van der Waals surface area contributed by atoms with E-state index in [1.165, 1.54) is 0 Å². The summed E-state index contributed by atoms with van der Waals surface area (Å²) in [6, 6.07) is 0. The van der Waals surface area contributed by atoms with E-state index in [4.69, 9.17) is 0 Å². The molecule has 0 rings (SSSR count). The Morgan fingerprint density at radius 2 is 1.00 bits per heavy atom. The summed E-state index contributed by atoms with van der Waals surface area (Å²) in [4.78, 5) is 0. The third-order valence-electron chi connectivity index (χ3n) is 0. The zero-order valence-electron chi connectivity index (χ0n) is 2.08. The van der Waals surface area contributed by atoms with Crippen molar-refractivity contribution in [3.8, 4) is 0 Å². The number of rotatable bonds is 0. The molecular formula is CeNdYZr. The predicted octanol–water partition coefficient (Wildman–Crippen LogP) is -0.00500. The van der Waals surface area contributed by atoms with E-state index < -0.39 is 0 Å². The van der Waals surface area contributed by atoms with Crippen LogP contribution in [0.5, 0.6) is 0 Å². The number of hydrogen-bond acceptors (Lipinski definition) is 0. The first kappa shape index (κ1) is 23.3. The van der Waals surface area contributed by atoms with Crippen LogP contribution >= 0.6 is 0 Å². The minimum absolute atomic E-state index is 0. The molecule has 0 bridgehead atoms. The summed E-state index contributed by atoms with van der Waals surface area (Å²) in [7, 11) is 0. The molecule has 0 aliphatic rings. The van der Waals surface area contributed by atoms with Gasteiger partial charge in [0, 0.05) is 141 Å². The van der Waals surface area contributed by atoms with Gasteiger partial charge in [-0.25, -0.2) is 0 Å². The molecule has 0 saturated heterocycles. The van der Waals surface area contributed by atoms with Gasteiger partial charge in [-0.3, -0.25) is 0 Å². The van der Waals surface area contributed by atoms with Crippen LogP contribution in [0.4, 0.5) is 0 Å². The molecular weight excluding hydrogens is 464 g/mol. The predicted molar refractivity (Wildman–Crippen MR) is 0 cm³/mol. The van der Waals surface area contributed by atoms with E-state index in [-0.39, 0.29) is 141 Å². The number of hydrogen-bond donors (Lipinski definition) is 0. The van der Waals surface area contributed by atoms with E-state index in [1.54, 1.807) is 0 Å². The van der Waals surface area contributed by atoms with Gasteiger partial charge in [0.1, 0.15) is 0 Å². The molecule has 4 heavy (non-hydrogen) atoms. The first-order chi connectivity index (χ1) is 0. The quantitative estimate of drug-likeness (QED) is 0.474. The van der Waals surface area contributed by atoms with Crippen molar-refractivity contribution in [1.29, 1.82) is 0 Å². The van der Waals surface area contributed by atoms with Crippen molar-refractivity contribution < 1.29 is 141 Å². The van der Waals surface area contributed by atoms with Crippen LogP contribution in [0.1, 0.15) is 0 Å². The van der Waals surface area contributed by atoms with Gasteiger partial charge in [0.15, 0.2) is 0 Å². The molecule has 0 aromatic carbocycles. The van der Waals surface area contributed by atoms with Crippen molar-refractivity contribution >= 4 is 0 Å². The van der Waals surface area contributed by atoms with Crippen LogP contribution in [0.15, 0.2) is 0 Å². The first-order valence-corrected chi connectivity index (χ1v) is 0. The second-order valence-electron chi connectivity index (χ2n) is 0. The summed E-state index contributed by atoms with van der Waals surface area (Å²) in [5, 5.41) is 0. The Hall–Kier alpha value is 4.71. The third kappa shape index (κ3) is 9.86. The monoisotopic (exact) mass is 461 g/mol. The van der Waals surface area contributed by atoms with Crippen LogP contribution in [-0.2, 0) is 58.9 Å². The van der Waals surface area contributed by atoms with Gasteiger partial charge in [-0.1, -0.05) is 0 Å². The van der Waals surface area contributed by atoms with Crippen molar-refractivity contribution in [1.82, 2.24) is 0 Å². The zero-order chi connectivity index (χ0) is 0.